The van der Waals surface area contributed by atoms with Crippen molar-refractivity contribution in [3.05, 3.63) is 21.9 Å². The van der Waals surface area contributed by atoms with Gasteiger partial charge in [0.2, 0.25) is 0 Å². The summed E-state index contributed by atoms with van der Waals surface area (Å²) in [5.41, 5.74) is 6.57. The van der Waals surface area contributed by atoms with Crippen LogP contribution in [0.1, 0.15) is 23.4 Å². The minimum Gasteiger partial charge on any atom is -0.391 e. The van der Waals surface area contributed by atoms with Gasteiger partial charge in [0.25, 0.3) is 0 Å². The van der Waals surface area contributed by atoms with E-state index in [2.05, 4.69) is 0 Å². The number of hydrogen-bond donors (Lipinski definition) is 3. The van der Waals surface area contributed by atoms with E-state index >= 15 is 0 Å². The average molecular weight is 187 g/mol. The van der Waals surface area contributed by atoms with E-state index in [4.69, 9.17) is 10.8 Å². The van der Waals surface area contributed by atoms with E-state index < -0.39 is 6.10 Å². The van der Waals surface area contributed by atoms with Gasteiger partial charge in [-0.05, 0) is 23.9 Å². The molecule has 1 heterocycles. The maximum atomic E-state index is 9.17. The Labute approximate surface area is 75.5 Å². The molecule has 0 saturated carbocycles. The molecular formula is C8H13NO2S. The van der Waals surface area contributed by atoms with Crippen molar-refractivity contribution in [1.82, 2.24) is 0 Å². The predicted molar refractivity (Wildman–Crippen MR) is 48.9 cm³/mol. The lowest BCUT2D eigenvalue weighted by Crippen LogP contribution is -2.22. The van der Waals surface area contributed by atoms with Crippen molar-refractivity contribution in [2.75, 3.05) is 0 Å². The summed E-state index contributed by atoms with van der Waals surface area (Å²) in [6.45, 7) is 1.69. The molecule has 0 spiro atoms. The summed E-state index contributed by atoms with van der Waals surface area (Å²) in [4.78, 5) is 0.876. The summed E-state index contributed by atoms with van der Waals surface area (Å²) >= 11 is 1.45. The fourth-order valence-corrected chi connectivity index (χ4v) is 1.73. The van der Waals surface area contributed by atoms with Gasteiger partial charge in [-0.1, -0.05) is 0 Å². The van der Waals surface area contributed by atoms with Gasteiger partial charge in [-0.25, -0.2) is 0 Å². The van der Waals surface area contributed by atoms with Gasteiger partial charge in [-0.3, -0.25) is 0 Å². The average Bonchev–Trinajstić information content (AvgIpc) is 2.50. The van der Waals surface area contributed by atoms with Crippen LogP contribution in [0.15, 0.2) is 11.4 Å². The fraction of sp³-hybridized carbons (Fsp3) is 0.500. The Morgan fingerprint density at radius 1 is 1.67 bits per heavy atom. The molecule has 12 heavy (non-hydrogen) atoms. The first-order valence-corrected chi connectivity index (χ1v) is 4.65. The molecule has 0 unspecified atom stereocenters. The minimum atomic E-state index is -0.550. The van der Waals surface area contributed by atoms with Crippen LogP contribution in [-0.4, -0.2) is 16.3 Å². The molecule has 1 aromatic rings. The third kappa shape index (κ3) is 2.04. The number of aliphatic hydroxyl groups is 2. The summed E-state index contributed by atoms with van der Waals surface area (Å²) in [6.07, 6.45) is -0.550. The molecule has 0 aliphatic heterocycles. The lowest BCUT2D eigenvalue weighted by atomic mass is 10.1. The van der Waals surface area contributed by atoms with Crippen LogP contribution in [0.25, 0.3) is 0 Å². The molecule has 0 bridgehead atoms. The van der Waals surface area contributed by atoms with E-state index in [0.29, 0.717) is 0 Å². The van der Waals surface area contributed by atoms with Crippen molar-refractivity contribution in [2.45, 2.75) is 25.7 Å². The van der Waals surface area contributed by atoms with E-state index in [1.165, 1.54) is 11.3 Å². The highest BCUT2D eigenvalue weighted by atomic mass is 32.1. The highest BCUT2D eigenvalue weighted by Crippen LogP contribution is 2.21. The van der Waals surface area contributed by atoms with E-state index in [1.807, 2.05) is 11.4 Å². The smallest absolute Gasteiger partial charge is 0.0774 e. The third-order valence-corrected chi connectivity index (χ3v) is 2.67. The molecule has 0 fully saturated rings. The first kappa shape index (κ1) is 9.67. The second-order valence-electron chi connectivity index (χ2n) is 2.77. The van der Waals surface area contributed by atoms with E-state index in [-0.39, 0.29) is 12.6 Å². The van der Waals surface area contributed by atoms with Crippen LogP contribution in [-0.2, 0) is 6.61 Å². The van der Waals surface area contributed by atoms with E-state index in [9.17, 15) is 5.11 Å². The third-order valence-electron chi connectivity index (χ3n) is 1.73. The van der Waals surface area contributed by atoms with Gasteiger partial charge in [0.1, 0.15) is 0 Å². The molecule has 0 saturated heterocycles. The molecule has 0 aromatic carbocycles. The monoisotopic (exact) mass is 187 g/mol. The molecule has 1 rings (SSSR count). The molecule has 3 nitrogen and oxygen atoms in total. The Morgan fingerprint density at radius 2 is 2.33 bits per heavy atom. The second-order valence-corrected chi connectivity index (χ2v) is 3.77. The zero-order valence-corrected chi connectivity index (χ0v) is 7.71. The van der Waals surface area contributed by atoms with Crippen molar-refractivity contribution in [2.24, 2.45) is 5.73 Å². The van der Waals surface area contributed by atoms with Gasteiger partial charge in [-0.15, -0.1) is 11.3 Å². The van der Waals surface area contributed by atoms with Gasteiger partial charge in [0.15, 0.2) is 0 Å². The first-order chi connectivity index (χ1) is 5.65. The van der Waals surface area contributed by atoms with Gasteiger partial charge in [0.05, 0.1) is 18.8 Å². The zero-order chi connectivity index (χ0) is 9.14. The van der Waals surface area contributed by atoms with Crippen LogP contribution >= 0.6 is 11.3 Å². The normalized spacial score (nSPS) is 16.0. The quantitative estimate of drug-likeness (QED) is 0.650. The maximum Gasteiger partial charge on any atom is 0.0774 e. The van der Waals surface area contributed by atoms with Crippen LogP contribution < -0.4 is 5.73 Å². The predicted octanol–water partition coefficient (Wildman–Crippen LogP) is 0.621. The van der Waals surface area contributed by atoms with Gasteiger partial charge in [0, 0.05) is 4.88 Å². The van der Waals surface area contributed by atoms with Crippen LogP contribution in [0, 0.1) is 0 Å². The number of rotatable bonds is 3. The number of hydrogen-bond acceptors (Lipinski definition) is 4. The molecule has 4 N–H and O–H groups in total. The van der Waals surface area contributed by atoms with E-state index in [0.717, 1.165) is 10.4 Å². The minimum absolute atomic E-state index is 0.0389. The van der Waals surface area contributed by atoms with Crippen LogP contribution in [0.4, 0.5) is 0 Å². The summed E-state index contributed by atoms with van der Waals surface area (Å²) in [6, 6.07) is 1.48. The molecule has 0 amide bonds. The molecule has 4 heteroatoms. The SMILES string of the molecule is C[C@@H](O)[C@@H](N)c1csc(CO)c1. The molecule has 0 aliphatic rings. The molecule has 0 radical (unpaired) electrons. The topological polar surface area (TPSA) is 66.5 Å². The lowest BCUT2D eigenvalue weighted by molar-refractivity contribution is 0.164. The molecule has 0 aliphatic carbocycles. The zero-order valence-electron chi connectivity index (χ0n) is 6.90. The fourth-order valence-electron chi connectivity index (χ4n) is 0.934. The van der Waals surface area contributed by atoms with Crippen molar-refractivity contribution < 1.29 is 10.2 Å². The van der Waals surface area contributed by atoms with E-state index in [1.54, 1.807) is 6.92 Å². The number of thiophene rings is 1. The largest absolute Gasteiger partial charge is 0.391 e. The van der Waals surface area contributed by atoms with Crippen molar-refractivity contribution in [3.63, 3.8) is 0 Å². The summed E-state index contributed by atoms with van der Waals surface area (Å²) in [7, 11) is 0. The van der Waals surface area contributed by atoms with Crippen molar-refractivity contribution in [3.8, 4) is 0 Å². The number of aliphatic hydroxyl groups excluding tert-OH is 2. The van der Waals surface area contributed by atoms with Crippen molar-refractivity contribution >= 4 is 11.3 Å². The number of nitrogens with two attached hydrogens (primary N) is 1. The van der Waals surface area contributed by atoms with Crippen molar-refractivity contribution in [1.29, 1.82) is 0 Å². The highest BCUT2D eigenvalue weighted by molar-refractivity contribution is 7.10. The second kappa shape index (κ2) is 4.00. The summed E-state index contributed by atoms with van der Waals surface area (Å²) in [5.74, 6) is 0. The Kier molecular flexibility index (Phi) is 3.22. The molecule has 68 valence electrons. The molecule has 1 aromatic heterocycles. The molecule has 2 atom stereocenters. The lowest BCUT2D eigenvalue weighted by Gasteiger charge is -2.12. The van der Waals surface area contributed by atoms with Gasteiger partial charge < -0.3 is 15.9 Å². The Balaban J connectivity index is 2.74. The van der Waals surface area contributed by atoms with Crippen LogP contribution in [0.3, 0.4) is 0 Å². The van der Waals surface area contributed by atoms with Gasteiger partial charge in [-0.2, -0.15) is 0 Å². The summed E-state index contributed by atoms with van der Waals surface area (Å²) < 4.78 is 0. The van der Waals surface area contributed by atoms with Crippen LogP contribution in [0.2, 0.25) is 0 Å². The summed E-state index contributed by atoms with van der Waals surface area (Å²) in [5, 5.41) is 19.8. The van der Waals surface area contributed by atoms with Gasteiger partial charge >= 0.3 is 0 Å². The Hall–Kier alpha value is -0.420. The highest BCUT2D eigenvalue weighted by Gasteiger charge is 2.13. The van der Waals surface area contributed by atoms with Crippen LogP contribution in [0.5, 0.6) is 0 Å². The molecular weight excluding hydrogens is 174 g/mol. The maximum absolute atomic E-state index is 9.17. The Bertz CT molecular complexity index is 247. The Morgan fingerprint density at radius 3 is 2.75 bits per heavy atom. The standard InChI is InChI=1S/C8H13NO2S/c1-5(11)8(9)6-2-7(3-10)12-4-6/h2,4-5,8,10-11H,3,9H2,1H3/t5-,8-/m1/s1. The first-order valence-electron chi connectivity index (χ1n) is 3.77.